The van der Waals surface area contributed by atoms with Crippen molar-refractivity contribution in [1.82, 2.24) is 0 Å². The maximum atomic E-state index is 10.7. The van der Waals surface area contributed by atoms with Crippen LogP contribution < -0.4 is 29.2 Å². The third-order valence-electron chi connectivity index (χ3n) is 8.67. The Balaban J connectivity index is 0.000000235. The van der Waals surface area contributed by atoms with Crippen LogP contribution in [-0.4, -0.2) is 27.1 Å². The van der Waals surface area contributed by atoms with Gasteiger partial charge >= 0.3 is 0 Å². The first-order chi connectivity index (χ1) is 25.5. The van der Waals surface area contributed by atoms with Gasteiger partial charge in [0.2, 0.25) is 23.8 Å². The smallest absolute Gasteiger partial charge is 0.234 e. The van der Waals surface area contributed by atoms with Gasteiger partial charge in [0, 0.05) is 58.6 Å². The Morgan fingerprint density at radius 3 is 1.25 bits per heavy atom. The van der Waals surface area contributed by atoms with Crippen molar-refractivity contribution in [2.75, 3.05) is 19.8 Å². The number of aromatic nitrogens is 2. The molecular formula is C44H57BN2O5. The Morgan fingerprint density at radius 2 is 0.904 bits per heavy atom. The van der Waals surface area contributed by atoms with Crippen LogP contribution in [0.1, 0.15) is 94.3 Å². The number of unbranched alkanes of at least 4 members (excludes halogenated alkanes) is 2. The fraction of sp³-hybridized carbons (Fsp3) is 0.364. The monoisotopic (exact) mass is 704 g/mol. The minimum atomic E-state index is -2.23. The van der Waals surface area contributed by atoms with Crippen LogP contribution >= 0.6 is 0 Å². The molecule has 0 radical (unpaired) electrons. The van der Waals surface area contributed by atoms with E-state index in [1.807, 2.05) is 102 Å². The second-order valence-corrected chi connectivity index (χ2v) is 12.3. The first-order valence-electron chi connectivity index (χ1n) is 18.9. The van der Waals surface area contributed by atoms with E-state index in [1.54, 1.807) is 0 Å². The highest BCUT2D eigenvalue weighted by Crippen LogP contribution is 2.42. The highest BCUT2D eigenvalue weighted by atomic mass is 16.7. The van der Waals surface area contributed by atoms with Gasteiger partial charge in [0.25, 0.3) is 0 Å². The Labute approximate surface area is 312 Å². The van der Waals surface area contributed by atoms with Gasteiger partial charge in [-0.25, -0.2) is 0 Å². The van der Waals surface area contributed by atoms with Crippen LogP contribution in [0.3, 0.4) is 0 Å². The third-order valence-corrected chi connectivity index (χ3v) is 8.67. The van der Waals surface area contributed by atoms with Crippen molar-refractivity contribution in [3.63, 3.8) is 0 Å². The second-order valence-electron chi connectivity index (χ2n) is 12.3. The SMILES string of the molecule is CCCCc1cccc[n+]1OCC.CCCCc1cccc[n+]1OCC.[O-]B([O-])OCCCC(c1ccccc1)(c1ccccc1)c1ccccc1. The van der Waals surface area contributed by atoms with Gasteiger partial charge in [0.05, 0.1) is 7.32 Å². The summed E-state index contributed by atoms with van der Waals surface area (Å²) in [5.41, 5.74) is 5.68. The lowest BCUT2D eigenvalue weighted by Gasteiger charge is -2.37. The van der Waals surface area contributed by atoms with Crippen LogP contribution in [0.25, 0.3) is 0 Å². The van der Waals surface area contributed by atoms with Gasteiger partial charge in [-0.05, 0) is 68.4 Å². The quantitative estimate of drug-likeness (QED) is 0.0480. The topological polar surface area (TPSA) is 81.6 Å². The van der Waals surface area contributed by atoms with Gasteiger partial charge in [-0.3, -0.25) is 9.68 Å². The molecule has 7 nitrogen and oxygen atoms in total. The molecule has 0 bridgehead atoms. The molecule has 5 aromatic rings. The highest BCUT2D eigenvalue weighted by Gasteiger charge is 2.35. The molecule has 0 amide bonds. The number of rotatable bonds is 18. The van der Waals surface area contributed by atoms with Crippen LogP contribution in [0.2, 0.25) is 0 Å². The first kappa shape index (κ1) is 41.9. The molecule has 5 rings (SSSR count). The normalized spacial score (nSPS) is 10.7. The molecule has 0 spiro atoms. The third kappa shape index (κ3) is 13.6. The number of nitrogens with zero attached hydrogens (tertiary/aromatic N) is 2. The van der Waals surface area contributed by atoms with Gasteiger partial charge in [-0.2, -0.15) is 0 Å². The summed E-state index contributed by atoms with van der Waals surface area (Å²) in [6.07, 6.45) is 12.4. The van der Waals surface area contributed by atoms with Gasteiger partial charge in [-0.15, -0.1) is 0 Å². The number of hydrogen-bond donors (Lipinski definition) is 0. The molecule has 0 unspecified atom stereocenters. The van der Waals surface area contributed by atoms with E-state index in [9.17, 15) is 10.0 Å². The van der Waals surface area contributed by atoms with Crippen LogP contribution in [0.4, 0.5) is 0 Å². The summed E-state index contributed by atoms with van der Waals surface area (Å²) in [6, 6.07) is 43.4. The van der Waals surface area contributed by atoms with Crippen molar-refractivity contribution in [3.8, 4) is 0 Å². The van der Waals surface area contributed by atoms with Crippen molar-refractivity contribution < 1.29 is 33.8 Å². The summed E-state index contributed by atoms with van der Waals surface area (Å²) in [5, 5.41) is 21.4. The lowest BCUT2D eigenvalue weighted by atomic mass is 9.67. The Morgan fingerprint density at radius 1 is 0.519 bits per heavy atom. The lowest BCUT2D eigenvalue weighted by molar-refractivity contribution is -0.895. The van der Waals surface area contributed by atoms with E-state index in [1.165, 1.54) is 53.8 Å². The summed E-state index contributed by atoms with van der Waals surface area (Å²) < 4.78 is 8.48. The zero-order valence-electron chi connectivity index (χ0n) is 31.6. The fourth-order valence-electron chi connectivity index (χ4n) is 6.18. The van der Waals surface area contributed by atoms with Crippen LogP contribution in [-0.2, 0) is 22.9 Å². The number of aryl methyl sites for hydroxylation is 2. The molecule has 2 heterocycles. The Kier molecular flexibility index (Phi) is 19.9. The molecular weight excluding hydrogens is 647 g/mol. The van der Waals surface area contributed by atoms with Crippen molar-refractivity contribution >= 4 is 7.32 Å². The molecule has 0 saturated carbocycles. The molecule has 0 fully saturated rings. The standard InChI is InChI=1S/C22H21BO3.2C11H18NO/c24-23(25)26-18-10-17-22(19-11-4-1-5-12-19,20-13-6-2-7-14-20)21-15-8-3-9-16-21;2*1-3-5-8-11-9-6-7-10-12(11)13-4-2/h1-9,11-16H,10,17-18H2;2*6-7,9-10H,3-5,8H2,1-2H3/q-2;2*+1. The molecule has 2 aromatic heterocycles. The van der Waals surface area contributed by atoms with Crippen molar-refractivity contribution in [1.29, 1.82) is 0 Å². The molecule has 0 aliphatic heterocycles. The zero-order valence-corrected chi connectivity index (χ0v) is 31.6. The molecule has 0 atom stereocenters. The number of benzene rings is 3. The van der Waals surface area contributed by atoms with E-state index in [4.69, 9.17) is 14.3 Å². The zero-order chi connectivity index (χ0) is 37.3. The van der Waals surface area contributed by atoms with E-state index < -0.39 is 7.32 Å². The van der Waals surface area contributed by atoms with Gasteiger partial charge in [-0.1, -0.05) is 118 Å². The maximum Gasteiger partial charge on any atom is 0.234 e. The van der Waals surface area contributed by atoms with E-state index in [0.29, 0.717) is 19.6 Å². The van der Waals surface area contributed by atoms with Gasteiger partial charge in [0.1, 0.15) is 0 Å². The van der Waals surface area contributed by atoms with Crippen molar-refractivity contribution in [3.05, 3.63) is 168 Å². The second kappa shape index (κ2) is 24.6. The highest BCUT2D eigenvalue weighted by molar-refractivity contribution is 6.28. The average molecular weight is 705 g/mol. The van der Waals surface area contributed by atoms with Crippen LogP contribution in [0, 0.1) is 0 Å². The molecule has 0 N–H and O–H groups in total. The Bertz CT molecular complexity index is 1470. The maximum absolute atomic E-state index is 10.7. The average Bonchev–Trinajstić information content (AvgIpc) is 3.19. The summed E-state index contributed by atoms with van der Waals surface area (Å²) in [6.45, 7) is 10.0. The molecule has 0 saturated heterocycles. The van der Waals surface area contributed by atoms with Gasteiger partial charge < -0.3 is 14.7 Å². The molecule has 276 valence electrons. The number of pyridine rings is 2. The van der Waals surface area contributed by atoms with Crippen molar-refractivity contribution in [2.24, 2.45) is 0 Å². The predicted molar refractivity (Wildman–Crippen MR) is 205 cm³/mol. The minimum absolute atomic E-state index is 0.159. The first-order valence-corrected chi connectivity index (χ1v) is 18.9. The van der Waals surface area contributed by atoms with Crippen molar-refractivity contribution in [2.45, 2.75) is 84.5 Å². The summed E-state index contributed by atoms with van der Waals surface area (Å²) in [7, 11) is -2.23. The van der Waals surface area contributed by atoms with E-state index in [-0.39, 0.29) is 12.0 Å². The molecule has 8 heteroatoms. The summed E-state index contributed by atoms with van der Waals surface area (Å²) in [4.78, 5) is 10.9. The molecule has 0 aliphatic carbocycles. The van der Waals surface area contributed by atoms with E-state index >= 15 is 0 Å². The van der Waals surface area contributed by atoms with Crippen LogP contribution in [0.15, 0.2) is 140 Å². The van der Waals surface area contributed by atoms with E-state index in [2.05, 4.69) is 74.5 Å². The summed E-state index contributed by atoms with van der Waals surface area (Å²) >= 11 is 0. The van der Waals surface area contributed by atoms with Crippen LogP contribution in [0.5, 0.6) is 0 Å². The largest absolute Gasteiger partial charge is 0.871 e. The minimum Gasteiger partial charge on any atom is -0.871 e. The molecule has 0 aliphatic rings. The molecule has 52 heavy (non-hydrogen) atoms. The Hall–Kier alpha value is -4.50. The lowest BCUT2D eigenvalue weighted by Crippen LogP contribution is -2.48. The number of hydrogen-bond acceptors (Lipinski definition) is 5. The summed E-state index contributed by atoms with van der Waals surface area (Å²) in [5.74, 6) is 0. The van der Waals surface area contributed by atoms with Gasteiger partial charge in [0.15, 0.2) is 13.2 Å². The van der Waals surface area contributed by atoms with E-state index in [0.717, 1.165) is 19.3 Å². The predicted octanol–water partition coefficient (Wildman–Crippen LogP) is 6.05. The fourth-order valence-corrected chi connectivity index (χ4v) is 6.18. The molecule has 3 aromatic carbocycles.